The molecule has 4 rings (SSSR count). The molecule has 0 saturated heterocycles. The van der Waals surface area contributed by atoms with Crippen LogP contribution in [0.4, 0.5) is 17.1 Å². The summed E-state index contributed by atoms with van der Waals surface area (Å²) in [7, 11) is 0. The Bertz CT molecular complexity index is 1170. The number of hydrogen-bond acceptors (Lipinski definition) is 4. The summed E-state index contributed by atoms with van der Waals surface area (Å²) in [5.41, 5.74) is 4.39. The molecule has 0 aliphatic heterocycles. The highest BCUT2D eigenvalue weighted by molar-refractivity contribution is 6.30. The van der Waals surface area contributed by atoms with Crippen molar-refractivity contribution in [3.8, 4) is 0 Å². The lowest BCUT2D eigenvalue weighted by molar-refractivity contribution is 0.102. The van der Waals surface area contributed by atoms with Crippen LogP contribution >= 0.6 is 11.6 Å². The van der Waals surface area contributed by atoms with E-state index in [2.05, 4.69) is 20.6 Å². The van der Waals surface area contributed by atoms with Gasteiger partial charge in [0.25, 0.3) is 5.91 Å². The van der Waals surface area contributed by atoms with Gasteiger partial charge in [-0.3, -0.25) is 14.8 Å². The summed E-state index contributed by atoms with van der Waals surface area (Å²) in [6, 6.07) is 18.7. The van der Waals surface area contributed by atoms with E-state index in [9.17, 15) is 4.79 Å². The van der Waals surface area contributed by atoms with E-state index in [1.807, 2.05) is 43.3 Å². The molecule has 0 spiro atoms. The smallest absolute Gasteiger partial charge is 0.274 e. The Morgan fingerprint density at radius 2 is 1.79 bits per heavy atom. The lowest BCUT2D eigenvalue weighted by atomic mass is 10.2. The minimum absolute atomic E-state index is 0.287. The van der Waals surface area contributed by atoms with Gasteiger partial charge in [0, 0.05) is 34.2 Å². The maximum Gasteiger partial charge on any atom is 0.274 e. The molecule has 0 atom stereocenters. The Balaban J connectivity index is 1.58. The first kappa shape index (κ1) is 17.9. The van der Waals surface area contributed by atoms with Crippen molar-refractivity contribution in [3.63, 3.8) is 0 Å². The Morgan fingerprint density at radius 3 is 2.64 bits per heavy atom. The van der Waals surface area contributed by atoms with Crippen molar-refractivity contribution in [1.82, 2.24) is 9.97 Å². The van der Waals surface area contributed by atoms with Crippen LogP contribution in [0.25, 0.3) is 10.9 Å². The molecule has 28 heavy (non-hydrogen) atoms. The monoisotopic (exact) mass is 388 g/mol. The molecule has 0 saturated carbocycles. The summed E-state index contributed by atoms with van der Waals surface area (Å²) < 4.78 is 0. The van der Waals surface area contributed by atoms with E-state index < -0.39 is 0 Å². The Hall–Kier alpha value is -3.44. The maximum atomic E-state index is 12.6. The third-order valence-corrected chi connectivity index (χ3v) is 4.58. The molecule has 2 aromatic carbocycles. The zero-order valence-corrected chi connectivity index (χ0v) is 15.9. The first-order valence-corrected chi connectivity index (χ1v) is 9.12. The fourth-order valence-corrected chi connectivity index (χ4v) is 3.17. The molecule has 0 fully saturated rings. The van der Waals surface area contributed by atoms with Crippen LogP contribution in [0.15, 0.2) is 73.1 Å². The van der Waals surface area contributed by atoms with Gasteiger partial charge in [-0.25, -0.2) is 0 Å². The highest BCUT2D eigenvalue weighted by Crippen LogP contribution is 2.25. The standard InChI is InChI=1S/C22H17ClN4O/c1-14-12-16(23)7-8-18(14)27-22(28)20-13-17(9-11-24-20)26-19-6-2-4-15-5-3-10-25-21(15)19/h2-13H,1H3,(H,24,26)(H,27,28). The number of pyridine rings is 2. The van der Waals surface area contributed by atoms with Gasteiger partial charge in [0.05, 0.1) is 11.2 Å². The molecule has 0 aliphatic rings. The molecule has 4 aromatic rings. The second-order valence-electron chi connectivity index (χ2n) is 6.35. The van der Waals surface area contributed by atoms with E-state index in [1.54, 1.807) is 36.7 Å². The summed E-state index contributed by atoms with van der Waals surface area (Å²) in [5, 5.41) is 7.87. The average Bonchev–Trinajstić information content (AvgIpc) is 2.70. The number of nitrogens with one attached hydrogen (secondary N) is 2. The molecule has 5 nitrogen and oxygen atoms in total. The van der Waals surface area contributed by atoms with Crippen LogP contribution in [0.1, 0.15) is 16.1 Å². The van der Waals surface area contributed by atoms with E-state index >= 15 is 0 Å². The van der Waals surface area contributed by atoms with Gasteiger partial charge >= 0.3 is 0 Å². The molecule has 0 radical (unpaired) electrons. The third-order valence-electron chi connectivity index (χ3n) is 4.34. The summed E-state index contributed by atoms with van der Waals surface area (Å²) in [6.07, 6.45) is 3.36. The maximum absolute atomic E-state index is 12.6. The van der Waals surface area contributed by atoms with Crippen LogP contribution in [-0.2, 0) is 0 Å². The number of rotatable bonds is 4. The van der Waals surface area contributed by atoms with Crippen LogP contribution in [0.3, 0.4) is 0 Å². The number of fused-ring (bicyclic) bond motifs is 1. The lowest BCUT2D eigenvalue weighted by Gasteiger charge is -2.11. The fourth-order valence-electron chi connectivity index (χ4n) is 2.95. The number of amides is 1. The molecule has 6 heteroatoms. The summed E-state index contributed by atoms with van der Waals surface area (Å²) in [5.74, 6) is -0.287. The van der Waals surface area contributed by atoms with Gasteiger partial charge in [0.15, 0.2) is 0 Å². The second kappa shape index (κ2) is 7.66. The first-order chi connectivity index (χ1) is 13.6. The summed E-state index contributed by atoms with van der Waals surface area (Å²) in [4.78, 5) is 21.3. The Morgan fingerprint density at radius 1 is 0.929 bits per heavy atom. The predicted octanol–water partition coefficient (Wildman–Crippen LogP) is 5.59. The van der Waals surface area contributed by atoms with Gasteiger partial charge < -0.3 is 10.6 Å². The molecular weight excluding hydrogens is 372 g/mol. The molecule has 2 aromatic heterocycles. The minimum Gasteiger partial charge on any atom is -0.354 e. The number of benzene rings is 2. The number of aryl methyl sites for hydroxylation is 1. The van der Waals surface area contributed by atoms with Crippen molar-refractivity contribution in [2.24, 2.45) is 0 Å². The zero-order chi connectivity index (χ0) is 19.5. The van der Waals surface area contributed by atoms with Gasteiger partial charge in [-0.2, -0.15) is 0 Å². The van der Waals surface area contributed by atoms with Crippen LogP contribution in [-0.4, -0.2) is 15.9 Å². The van der Waals surface area contributed by atoms with Crippen LogP contribution in [0.2, 0.25) is 5.02 Å². The zero-order valence-electron chi connectivity index (χ0n) is 15.1. The van der Waals surface area contributed by atoms with Crippen molar-refractivity contribution < 1.29 is 4.79 Å². The molecule has 0 aliphatic carbocycles. The fraction of sp³-hybridized carbons (Fsp3) is 0.0455. The average molecular weight is 389 g/mol. The SMILES string of the molecule is Cc1cc(Cl)ccc1NC(=O)c1cc(Nc2cccc3cccnc23)ccn1. The highest BCUT2D eigenvalue weighted by atomic mass is 35.5. The Labute approximate surface area is 167 Å². The van der Waals surface area contributed by atoms with E-state index in [0.717, 1.165) is 27.8 Å². The number of carbonyl (C=O) groups is 1. The quantitative estimate of drug-likeness (QED) is 0.478. The van der Waals surface area contributed by atoms with Crippen LogP contribution < -0.4 is 10.6 Å². The molecule has 1 amide bonds. The molecule has 138 valence electrons. The molecule has 2 N–H and O–H groups in total. The van der Waals surface area contributed by atoms with E-state index in [4.69, 9.17) is 11.6 Å². The van der Waals surface area contributed by atoms with Crippen LogP contribution in [0, 0.1) is 6.92 Å². The largest absolute Gasteiger partial charge is 0.354 e. The highest BCUT2D eigenvalue weighted by Gasteiger charge is 2.11. The van der Waals surface area contributed by atoms with Gasteiger partial charge in [-0.05, 0) is 55.0 Å². The van der Waals surface area contributed by atoms with Crippen molar-refractivity contribution in [1.29, 1.82) is 0 Å². The van der Waals surface area contributed by atoms with Gasteiger partial charge in [-0.1, -0.05) is 29.8 Å². The van der Waals surface area contributed by atoms with E-state index in [-0.39, 0.29) is 5.91 Å². The molecule has 2 heterocycles. The van der Waals surface area contributed by atoms with E-state index in [1.165, 1.54) is 0 Å². The number of para-hydroxylation sites is 1. The molecular formula is C22H17ClN4O. The number of anilines is 3. The normalized spacial score (nSPS) is 10.6. The van der Waals surface area contributed by atoms with Crippen molar-refractivity contribution in [3.05, 3.63) is 89.3 Å². The number of aromatic nitrogens is 2. The van der Waals surface area contributed by atoms with Crippen molar-refractivity contribution in [2.75, 3.05) is 10.6 Å². The third kappa shape index (κ3) is 3.80. The van der Waals surface area contributed by atoms with Crippen molar-refractivity contribution >= 4 is 45.5 Å². The molecule has 0 unspecified atom stereocenters. The minimum atomic E-state index is -0.287. The number of halogens is 1. The number of nitrogens with zero attached hydrogens (tertiary/aromatic N) is 2. The van der Waals surface area contributed by atoms with Crippen LogP contribution in [0.5, 0.6) is 0 Å². The topological polar surface area (TPSA) is 66.9 Å². The van der Waals surface area contributed by atoms with Gasteiger partial charge in [-0.15, -0.1) is 0 Å². The number of hydrogen-bond donors (Lipinski definition) is 2. The summed E-state index contributed by atoms with van der Waals surface area (Å²) >= 11 is 5.97. The predicted molar refractivity (Wildman–Crippen MR) is 113 cm³/mol. The Kier molecular flexibility index (Phi) is 4.91. The second-order valence-corrected chi connectivity index (χ2v) is 6.79. The van der Waals surface area contributed by atoms with Crippen molar-refractivity contribution in [2.45, 2.75) is 6.92 Å². The first-order valence-electron chi connectivity index (χ1n) is 8.74. The molecule has 0 bridgehead atoms. The van der Waals surface area contributed by atoms with Gasteiger partial charge in [0.2, 0.25) is 0 Å². The van der Waals surface area contributed by atoms with E-state index in [0.29, 0.717) is 16.4 Å². The summed E-state index contributed by atoms with van der Waals surface area (Å²) in [6.45, 7) is 1.89. The lowest BCUT2D eigenvalue weighted by Crippen LogP contribution is -2.14. The number of carbonyl (C=O) groups excluding carboxylic acids is 1. The van der Waals surface area contributed by atoms with Gasteiger partial charge in [0.1, 0.15) is 5.69 Å².